The van der Waals surface area contributed by atoms with Gasteiger partial charge in [-0.2, -0.15) is 0 Å². The zero-order valence-electron chi connectivity index (χ0n) is 15.7. The van der Waals surface area contributed by atoms with Crippen LogP contribution in [0.1, 0.15) is 19.0 Å². The van der Waals surface area contributed by atoms with E-state index in [4.69, 9.17) is 9.47 Å². The minimum absolute atomic E-state index is 0.255. The average Bonchev–Trinajstić information content (AvgIpc) is 2.89. The van der Waals surface area contributed by atoms with Crippen LogP contribution < -0.4 is 14.8 Å². The van der Waals surface area contributed by atoms with Crippen LogP contribution in [0.3, 0.4) is 0 Å². The van der Waals surface area contributed by atoms with Gasteiger partial charge in [0, 0.05) is 60.7 Å². The molecule has 1 aromatic heterocycles. The molecule has 2 aromatic carbocycles. The second-order valence-corrected chi connectivity index (χ2v) is 6.72. The number of aromatic nitrogens is 1. The molecule has 0 spiro atoms. The number of ether oxygens (including phenoxy) is 2. The molecule has 0 bridgehead atoms. The second kappa shape index (κ2) is 7.45. The number of benzene rings is 2. The van der Waals surface area contributed by atoms with Crippen LogP contribution in [0.2, 0.25) is 0 Å². The van der Waals surface area contributed by atoms with Crippen LogP contribution in [0.4, 0.5) is 0 Å². The maximum atomic E-state index is 12.0. The summed E-state index contributed by atoms with van der Waals surface area (Å²) in [6, 6.07) is 14.2. The first kappa shape index (κ1) is 17.6. The number of nitrogens with zero attached hydrogens (tertiary/aromatic N) is 1. The van der Waals surface area contributed by atoms with Gasteiger partial charge in [0.05, 0.1) is 12.6 Å². The lowest BCUT2D eigenvalue weighted by Gasteiger charge is -2.15. The molecule has 2 heterocycles. The summed E-state index contributed by atoms with van der Waals surface area (Å²) in [4.78, 5) is 12.0. The number of esters is 1. The van der Waals surface area contributed by atoms with E-state index in [1.165, 1.54) is 16.6 Å². The van der Waals surface area contributed by atoms with Crippen LogP contribution in [0, 0.1) is 0 Å². The molecule has 5 heteroatoms. The lowest BCUT2D eigenvalue weighted by molar-refractivity contribution is -0.133. The molecule has 4 rings (SSSR count). The topological polar surface area (TPSA) is 52.5 Å². The Bertz CT molecular complexity index is 991. The van der Waals surface area contributed by atoms with E-state index in [9.17, 15) is 4.79 Å². The van der Waals surface area contributed by atoms with Crippen LogP contribution in [0.15, 0.2) is 42.5 Å². The number of methoxy groups -OCH3 is 1. The van der Waals surface area contributed by atoms with E-state index < -0.39 is 0 Å². The van der Waals surface area contributed by atoms with Crippen molar-refractivity contribution in [2.75, 3.05) is 20.2 Å². The van der Waals surface area contributed by atoms with Crippen molar-refractivity contribution in [1.82, 2.24) is 9.88 Å². The summed E-state index contributed by atoms with van der Waals surface area (Å²) in [6.07, 6.45) is 1.33. The van der Waals surface area contributed by atoms with Crippen molar-refractivity contribution in [1.29, 1.82) is 0 Å². The standard InChI is InChI=1S/C22H24N2O3/c1-3-21(25)27-20-14-17(26-2)7-8-18(20)19-6-4-5-15-13-16-9-10-23-11-12-24(16)22(15)19/h4-8,13-14,23H,3,9-12H2,1-2H3. The summed E-state index contributed by atoms with van der Waals surface area (Å²) in [7, 11) is 1.61. The van der Waals surface area contributed by atoms with Crippen LogP contribution >= 0.6 is 0 Å². The second-order valence-electron chi connectivity index (χ2n) is 6.72. The third-order valence-electron chi connectivity index (χ3n) is 5.07. The van der Waals surface area contributed by atoms with Crippen molar-refractivity contribution in [3.8, 4) is 22.6 Å². The largest absolute Gasteiger partial charge is 0.497 e. The average molecular weight is 364 g/mol. The molecule has 0 radical (unpaired) electrons. The molecule has 0 aliphatic carbocycles. The van der Waals surface area contributed by atoms with E-state index >= 15 is 0 Å². The van der Waals surface area contributed by atoms with E-state index in [0.29, 0.717) is 17.9 Å². The summed E-state index contributed by atoms with van der Waals surface area (Å²) in [5, 5.41) is 4.67. The van der Waals surface area contributed by atoms with Crippen LogP contribution in [-0.2, 0) is 17.8 Å². The SMILES string of the molecule is CCC(=O)Oc1cc(OC)ccc1-c1cccc2cc3n(c12)CCNCC3. The lowest BCUT2D eigenvalue weighted by atomic mass is 10.0. The lowest BCUT2D eigenvalue weighted by Crippen LogP contribution is -2.17. The number of rotatable bonds is 4. The Morgan fingerprint density at radius 3 is 2.85 bits per heavy atom. The number of nitrogens with one attached hydrogen (secondary N) is 1. The highest BCUT2D eigenvalue weighted by Gasteiger charge is 2.18. The summed E-state index contributed by atoms with van der Waals surface area (Å²) < 4.78 is 13.4. The van der Waals surface area contributed by atoms with E-state index in [2.05, 4.69) is 34.1 Å². The fourth-order valence-electron chi connectivity index (χ4n) is 3.72. The van der Waals surface area contributed by atoms with Crippen molar-refractivity contribution in [2.45, 2.75) is 26.3 Å². The molecule has 27 heavy (non-hydrogen) atoms. The summed E-state index contributed by atoms with van der Waals surface area (Å²) in [5.41, 5.74) is 4.50. The van der Waals surface area contributed by atoms with E-state index in [-0.39, 0.29) is 5.97 Å². The number of hydrogen-bond acceptors (Lipinski definition) is 4. The van der Waals surface area contributed by atoms with E-state index in [0.717, 1.165) is 37.2 Å². The van der Waals surface area contributed by atoms with Crippen LogP contribution in [-0.4, -0.2) is 30.7 Å². The van der Waals surface area contributed by atoms with Gasteiger partial charge in [-0.1, -0.05) is 25.1 Å². The van der Waals surface area contributed by atoms with Gasteiger partial charge >= 0.3 is 5.97 Å². The fourth-order valence-corrected chi connectivity index (χ4v) is 3.72. The molecule has 0 fully saturated rings. The van der Waals surface area contributed by atoms with Gasteiger partial charge in [-0.15, -0.1) is 0 Å². The molecule has 1 aliphatic rings. The summed E-state index contributed by atoms with van der Waals surface area (Å²) in [6.45, 7) is 4.66. The first-order valence-corrected chi connectivity index (χ1v) is 9.42. The van der Waals surface area contributed by atoms with Crippen molar-refractivity contribution < 1.29 is 14.3 Å². The van der Waals surface area contributed by atoms with Crippen molar-refractivity contribution in [3.63, 3.8) is 0 Å². The molecule has 0 atom stereocenters. The Morgan fingerprint density at radius 1 is 1.15 bits per heavy atom. The Kier molecular flexibility index (Phi) is 4.86. The van der Waals surface area contributed by atoms with Gasteiger partial charge in [0.1, 0.15) is 11.5 Å². The van der Waals surface area contributed by atoms with Crippen molar-refractivity contribution in [3.05, 3.63) is 48.2 Å². The highest BCUT2D eigenvalue weighted by Crippen LogP contribution is 2.38. The zero-order chi connectivity index (χ0) is 18.8. The predicted octanol–water partition coefficient (Wildman–Crippen LogP) is 3.78. The van der Waals surface area contributed by atoms with Crippen LogP contribution in [0.25, 0.3) is 22.0 Å². The molecular weight excluding hydrogens is 340 g/mol. The Hall–Kier alpha value is -2.79. The van der Waals surface area contributed by atoms with Gasteiger partial charge in [-0.05, 0) is 18.2 Å². The van der Waals surface area contributed by atoms with Crippen molar-refractivity contribution in [2.24, 2.45) is 0 Å². The number of hydrogen-bond donors (Lipinski definition) is 1. The maximum Gasteiger partial charge on any atom is 0.310 e. The predicted molar refractivity (Wildman–Crippen MR) is 106 cm³/mol. The minimum Gasteiger partial charge on any atom is -0.497 e. The summed E-state index contributed by atoms with van der Waals surface area (Å²) >= 11 is 0. The number of para-hydroxylation sites is 1. The third kappa shape index (κ3) is 3.30. The molecule has 5 nitrogen and oxygen atoms in total. The van der Waals surface area contributed by atoms with Gasteiger partial charge in [0.15, 0.2) is 0 Å². The first-order chi connectivity index (χ1) is 13.2. The summed E-state index contributed by atoms with van der Waals surface area (Å²) in [5.74, 6) is 0.953. The normalized spacial score (nSPS) is 13.9. The van der Waals surface area contributed by atoms with E-state index in [1.807, 2.05) is 12.1 Å². The number of carbonyl (C=O) groups is 1. The zero-order valence-corrected chi connectivity index (χ0v) is 15.7. The Labute approximate surface area is 158 Å². The van der Waals surface area contributed by atoms with Gasteiger partial charge in [-0.3, -0.25) is 4.79 Å². The molecular formula is C22H24N2O3. The van der Waals surface area contributed by atoms with Gasteiger partial charge in [0.25, 0.3) is 0 Å². The molecule has 1 aliphatic heterocycles. The molecule has 3 aromatic rings. The molecule has 1 N–H and O–H groups in total. The van der Waals surface area contributed by atoms with Gasteiger partial charge in [0.2, 0.25) is 0 Å². The Morgan fingerprint density at radius 2 is 2.04 bits per heavy atom. The highest BCUT2D eigenvalue weighted by molar-refractivity contribution is 5.97. The van der Waals surface area contributed by atoms with Crippen LogP contribution in [0.5, 0.6) is 11.5 Å². The monoisotopic (exact) mass is 364 g/mol. The quantitative estimate of drug-likeness (QED) is 0.565. The first-order valence-electron chi connectivity index (χ1n) is 9.42. The molecule has 0 saturated heterocycles. The maximum absolute atomic E-state index is 12.0. The third-order valence-corrected chi connectivity index (χ3v) is 5.07. The molecule has 0 saturated carbocycles. The van der Waals surface area contributed by atoms with E-state index in [1.54, 1.807) is 20.1 Å². The van der Waals surface area contributed by atoms with Crippen molar-refractivity contribution >= 4 is 16.9 Å². The van der Waals surface area contributed by atoms with Gasteiger partial charge < -0.3 is 19.4 Å². The number of fused-ring (bicyclic) bond motifs is 3. The molecule has 140 valence electrons. The minimum atomic E-state index is -0.255. The number of carbonyl (C=O) groups excluding carboxylic acids is 1. The fraction of sp³-hybridized carbons (Fsp3) is 0.318. The molecule has 0 unspecified atom stereocenters. The smallest absolute Gasteiger partial charge is 0.310 e. The Balaban J connectivity index is 1.92. The molecule has 0 amide bonds. The van der Waals surface area contributed by atoms with Gasteiger partial charge in [-0.25, -0.2) is 0 Å². The highest BCUT2D eigenvalue weighted by atomic mass is 16.5.